The number of rotatable bonds is 1. The first-order valence-corrected chi connectivity index (χ1v) is 4.13. The van der Waals surface area contributed by atoms with Gasteiger partial charge in [0.2, 0.25) is 0 Å². The van der Waals surface area contributed by atoms with Crippen LogP contribution >= 0.6 is 11.8 Å². The topological polar surface area (TPSA) is 49.3 Å². The number of hydrogen-bond donors (Lipinski definition) is 2. The van der Waals surface area contributed by atoms with Crippen molar-refractivity contribution in [1.29, 1.82) is 0 Å². The van der Waals surface area contributed by atoms with Gasteiger partial charge in [0.15, 0.2) is 0 Å². The van der Waals surface area contributed by atoms with Gasteiger partial charge in [-0.05, 0) is 13.8 Å². The van der Waals surface area contributed by atoms with Crippen molar-refractivity contribution in [3.63, 3.8) is 0 Å². The van der Waals surface area contributed by atoms with E-state index in [1.54, 1.807) is 11.8 Å². The molecule has 10 heavy (non-hydrogen) atoms. The summed E-state index contributed by atoms with van der Waals surface area (Å²) in [5.74, 6) is -0.0146. The Bertz CT molecular complexity index is 158. The minimum atomic E-state index is -0.755. The summed E-state index contributed by atoms with van der Waals surface area (Å²) in [6.07, 6.45) is 0. The molecule has 0 aromatic rings. The minimum Gasteiger partial charge on any atom is -0.480 e. The Morgan fingerprint density at radius 3 is 2.60 bits per heavy atom. The normalized spacial score (nSPS) is 30.4. The zero-order valence-corrected chi connectivity index (χ0v) is 6.86. The molecule has 0 bridgehead atoms. The number of thioether (sulfide) groups is 1. The van der Waals surface area contributed by atoms with Gasteiger partial charge in [-0.15, -0.1) is 11.8 Å². The fraction of sp³-hybridized carbons (Fsp3) is 0.833. The van der Waals surface area contributed by atoms with Gasteiger partial charge in [0.25, 0.3) is 0 Å². The lowest BCUT2D eigenvalue weighted by molar-refractivity contribution is -0.139. The van der Waals surface area contributed by atoms with E-state index in [0.717, 1.165) is 5.88 Å². The highest BCUT2D eigenvalue weighted by atomic mass is 32.2. The number of carbonyl (C=O) groups is 1. The second-order valence-corrected chi connectivity index (χ2v) is 4.50. The molecule has 1 saturated heterocycles. The van der Waals surface area contributed by atoms with E-state index < -0.39 is 12.0 Å². The molecule has 1 aliphatic heterocycles. The van der Waals surface area contributed by atoms with Gasteiger partial charge in [-0.2, -0.15) is 0 Å². The quantitative estimate of drug-likeness (QED) is 0.588. The van der Waals surface area contributed by atoms with Gasteiger partial charge < -0.3 is 5.11 Å². The van der Waals surface area contributed by atoms with Gasteiger partial charge in [0, 0.05) is 10.6 Å². The Balaban J connectivity index is 2.68. The predicted molar refractivity (Wildman–Crippen MR) is 41.1 cm³/mol. The van der Waals surface area contributed by atoms with Crippen LogP contribution in [0.3, 0.4) is 0 Å². The minimum absolute atomic E-state index is 0.161. The van der Waals surface area contributed by atoms with Gasteiger partial charge in [-0.1, -0.05) is 0 Å². The maximum absolute atomic E-state index is 10.5. The van der Waals surface area contributed by atoms with Crippen molar-refractivity contribution in [2.24, 2.45) is 0 Å². The van der Waals surface area contributed by atoms with Crippen molar-refractivity contribution < 1.29 is 9.90 Å². The molecular formula is C6H11NO2S. The Hall–Kier alpha value is -0.220. The number of carboxylic acids is 1. The molecule has 1 aliphatic rings. The number of aliphatic carboxylic acids is 1. The molecule has 0 aromatic heterocycles. The molecule has 1 fully saturated rings. The Morgan fingerprint density at radius 2 is 2.40 bits per heavy atom. The van der Waals surface area contributed by atoms with Gasteiger partial charge >= 0.3 is 5.97 Å². The van der Waals surface area contributed by atoms with Crippen molar-refractivity contribution in [1.82, 2.24) is 5.32 Å². The molecule has 2 N–H and O–H groups in total. The number of carboxylic acid groups (broad SMARTS) is 1. The summed E-state index contributed by atoms with van der Waals surface area (Å²) in [5, 5.41) is 11.6. The van der Waals surface area contributed by atoms with Crippen LogP contribution in [-0.4, -0.2) is 27.7 Å². The van der Waals surface area contributed by atoms with E-state index in [9.17, 15) is 4.79 Å². The summed E-state index contributed by atoms with van der Waals surface area (Å²) in [6.45, 7) is 3.88. The average Bonchev–Trinajstić information content (AvgIpc) is 2.08. The Morgan fingerprint density at radius 1 is 1.80 bits per heavy atom. The first kappa shape index (κ1) is 7.88. The maximum Gasteiger partial charge on any atom is 0.322 e. The van der Waals surface area contributed by atoms with Gasteiger partial charge in [0.05, 0.1) is 0 Å². The van der Waals surface area contributed by atoms with Crippen molar-refractivity contribution >= 4 is 17.7 Å². The van der Waals surface area contributed by atoms with Crippen LogP contribution in [-0.2, 0) is 4.79 Å². The molecule has 0 unspecified atom stereocenters. The second kappa shape index (κ2) is 2.43. The zero-order valence-electron chi connectivity index (χ0n) is 6.05. The summed E-state index contributed by atoms with van der Waals surface area (Å²) in [5.41, 5.74) is 0. The van der Waals surface area contributed by atoms with Crippen molar-refractivity contribution in [3.8, 4) is 0 Å². The lowest BCUT2D eigenvalue weighted by atomic mass is 10.0. The summed E-state index contributed by atoms with van der Waals surface area (Å²) < 4.78 is -0.161. The molecule has 0 spiro atoms. The van der Waals surface area contributed by atoms with Gasteiger partial charge in [0.1, 0.15) is 6.04 Å². The van der Waals surface area contributed by atoms with Crippen molar-refractivity contribution in [2.75, 3.05) is 5.88 Å². The van der Waals surface area contributed by atoms with Gasteiger partial charge in [-0.25, -0.2) is 0 Å². The molecule has 0 amide bonds. The van der Waals surface area contributed by atoms with E-state index in [0.29, 0.717) is 0 Å². The standard InChI is InChI=1S/C6H11NO2S/c1-6(2)4(5(8)9)7-3-10-6/h4,7H,3H2,1-2H3,(H,8,9)/t4-/m0/s1. The fourth-order valence-electron chi connectivity index (χ4n) is 1.02. The molecule has 1 atom stereocenters. The van der Waals surface area contributed by atoms with Crippen LogP contribution < -0.4 is 5.32 Å². The van der Waals surface area contributed by atoms with Crippen LogP contribution in [0.15, 0.2) is 0 Å². The maximum atomic E-state index is 10.5. The molecule has 1 heterocycles. The monoisotopic (exact) mass is 161 g/mol. The first-order chi connectivity index (χ1) is 4.54. The highest BCUT2D eigenvalue weighted by Crippen LogP contribution is 2.32. The molecule has 1 rings (SSSR count). The third-order valence-electron chi connectivity index (χ3n) is 1.67. The van der Waals surface area contributed by atoms with Crippen molar-refractivity contribution in [3.05, 3.63) is 0 Å². The van der Waals surface area contributed by atoms with Crippen LogP contribution in [0.2, 0.25) is 0 Å². The molecule has 0 radical (unpaired) electrons. The van der Waals surface area contributed by atoms with Crippen LogP contribution in [0.4, 0.5) is 0 Å². The van der Waals surface area contributed by atoms with E-state index >= 15 is 0 Å². The summed E-state index contributed by atoms with van der Waals surface area (Å²) in [4.78, 5) is 10.5. The molecular weight excluding hydrogens is 150 g/mol. The Kier molecular flexibility index (Phi) is 1.92. The molecule has 4 heteroatoms. The van der Waals surface area contributed by atoms with E-state index in [4.69, 9.17) is 5.11 Å². The Labute approximate surface area is 64.2 Å². The molecule has 0 saturated carbocycles. The lowest BCUT2D eigenvalue weighted by Gasteiger charge is -2.20. The van der Waals surface area contributed by atoms with Crippen LogP contribution in [0.1, 0.15) is 13.8 Å². The van der Waals surface area contributed by atoms with E-state index in [1.807, 2.05) is 13.8 Å². The lowest BCUT2D eigenvalue weighted by Crippen LogP contribution is -2.43. The van der Waals surface area contributed by atoms with E-state index in [-0.39, 0.29) is 4.75 Å². The van der Waals surface area contributed by atoms with Crippen LogP contribution in [0, 0.1) is 0 Å². The third-order valence-corrected chi connectivity index (χ3v) is 2.96. The smallest absolute Gasteiger partial charge is 0.322 e. The highest BCUT2D eigenvalue weighted by molar-refractivity contribution is 8.00. The third kappa shape index (κ3) is 1.27. The fourth-order valence-corrected chi connectivity index (χ4v) is 2.00. The molecule has 0 aromatic carbocycles. The SMILES string of the molecule is CC1(C)SCN[C@H]1C(=O)O. The summed E-state index contributed by atoms with van der Waals surface area (Å²) in [6, 6.07) is -0.391. The average molecular weight is 161 g/mol. The largest absolute Gasteiger partial charge is 0.480 e. The molecule has 3 nitrogen and oxygen atoms in total. The number of nitrogens with one attached hydrogen (secondary N) is 1. The van der Waals surface area contributed by atoms with Crippen LogP contribution in [0.25, 0.3) is 0 Å². The predicted octanol–water partition coefficient (Wildman–Crippen LogP) is 0.512. The second-order valence-electron chi connectivity index (χ2n) is 2.87. The zero-order chi connectivity index (χ0) is 7.78. The van der Waals surface area contributed by atoms with Crippen molar-refractivity contribution in [2.45, 2.75) is 24.6 Å². The molecule has 0 aliphatic carbocycles. The van der Waals surface area contributed by atoms with Gasteiger partial charge in [-0.3, -0.25) is 10.1 Å². The van der Waals surface area contributed by atoms with Crippen LogP contribution in [0.5, 0.6) is 0 Å². The number of hydrogen-bond acceptors (Lipinski definition) is 3. The summed E-state index contributed by atoms with van der Waals surface area (Å²) >= 11 is 1.64. The first-order valence-electron chi connectivity index (χ1n) is 3.14. The highest BCUT2D eigenvalue weighted by Gasteiger charge is 2.39. The molecule has 58 valence electrons. The summed E-state index contributed by atoms with van der Waals surface area (Å²) in [7, 11) is 0. The van der Waals surface area contributed by atoms with E-state index in [2.05, 4.69) is 5.32 Å². The van der Waals surface area contributed by atoms with E-state index in [1.165, 1.54) is 0 Å².